The zero-order valence-electron chi connectivity index (χ0n) is 17.1. The maximum atomic E-state index is 12.9. The van der Waals surface area contributed by atoms with Crippen LogP contribution in [0.15, 0.2) is 77.0 Å². The summed E-state index contributed by atoms with van der Waals surface area (Å²) in [6.45, 7) is 0.0248. The number of rotatable bonds is 5. The number of benzene rings is 3. The molecule has 0 bridgehead atoms. The van der Waals surface area contributed by atoms with Crippen LogP contribution >= 0.6 is 0 Å². The lowest BCUT2D eigenvalue weighted by molar-refractivity contribution is -0.101. The maximum Gasteiger partial charge on any atom is 0.288 e. The van der Waals surface area contributed by atoms with Gasteiger partial charge in [-0.25, -0.2) is 0 Å². The van der Waals surface area contributed by atoms with Crippen LogP contribution in [-0.4, -0.2) is 38.9 Å². The van der Waals surface area contributed by atoms with Crippen molar-refractivity contribution in [2.75, 3.05) is 0 Å². The summed E-state index contributed by atoms with van der Waals surface area (Å²) in [7, 11) is 0. The van der Waals surface area contributed by atoms with Crippen LogP contribution in [0.2, 0.25) is 0 Å². The second kappa shape index (κ2) is 8.05. The highest BCUT2D eigenvalue weighted by Crippen LogP contribution is 2.37. The number of aliphatic hydroxyl groups is 1. The fourth-order valence-corrected chi connectivity index (χ4v) is 3.89. The number of Topliss-reactive ketones (excluding diaryl/α,β-unsaturated/α-hetero) is 1. The first kappa shape index (κ1) is 20.7. The Labute approximate surface area is 187 Å². The Morgan fingerprint density at radius 1 is 0.909 bits per heavy atom. The third-order valence-corrected chi connectivity index (χ3v) is 5.54. The van der Waals surface area contributed by atoms with E-state index in [9.17, 15) is 24.6 Å². The number of aromatic hydroxyl groups is 1. The van der Waals surface area contributed by atoms with Crippen molar-refractivity contribution in [3.63, 3.8) is 0 Å². The van der Waals surface area contributed by atoms with E-state index in [-0.39, 0.29) is 34.7 Å². The molecule has 2 amide bonds. The van der Waals surface area contributed by atoms with E-state index in [1.807, 2.05) is 18.2 Å². The Morgan fingerprint density at radius 2 is 1.70 bits per heavy atom. The molecule has 0 radical (unpaired) electrons. The van der Waals surface area contributed by atoms with E-state index >= 15 is 0 Å². The largest absolute Gasteiger partial charge is 0.508 e. The molecule has 1 heterocycles. The molecule has 164 valence electrons. The molecule has 2 N–H and O–H groups in total. The van der Waals surface area contributed by atoms with Gasteiger partial charge in [-0.05, 0) is 35.4 Å². The standard InChI is InChI=1S/C24H17N3O6/c28-14-9-10-15-17(11-14)22(30)20(21(15)29)26-25-18-8-4-7-16-19(18)24(32)27(23(16)31)33-12-13-5-2-1-3-6-13/h1-11,20-21,28-29H,12H2. The zero-order chi connectivity index (χ0) is 23.1. The van der Waals surface area contributed by atoms with Crippen molar-refractivity contribution in [2.45, 2.75) is 18.8 Å². The van der Waals surface area contributed by atoms with Gasteiger partial charge >= 0.3 is 0 Å². The fourth-order valence-electron chi connectivity index (χ4n) is 3.89. The number of hydrogen-bond acceptors (Lipinski definition) is 8. The summed E-state index contributed by atoms with van der Waals surface area (Å²) in [6, 6.07) is 16.5. The van der Waals surface area contributed by atoms with Crippen LogP contribution in [0.25, 0.3) is 0 Å². The van der Waals surface area contributed by atoms with Gasteiger partial charge in [0.25, 0.3) is 11.8 Å². The van der Waals surface area contributed by atoms with Gasteiger partial charge in [0.05, 0.1) is 16.8 Å². The molecule has 0 aromatic heterocycles. The van der Waals surface area contributed by atoms with Crippen molar-refractivity contribution in [1.82, 2.24) is 5.06 Å². The molecule has 5 rings (SSSR count). The van der Waals surface area contributed by atoms with E-state index in [0.29, 0.717) is 10.6 Å². The first-order valence-electron chi connectivity index (χ1n) is 10.1. The van der Waals surface area contributed by atoms with Crippen molar-refractivity contribution in [2.24, 2.45) is 10.2 Å². The number of fused-ring (bicyclic) bond motifs is 2. The van der Waals surface area contributed by atoms with Gasteiger partial charge in [0, 0.05) is 5.56 Å². The third kappa shape index (κ3) is 3.49. The van der Waals surface area contributed by atoms with Crippen LogP contribution in [-0.2, 0) is 11.4 Å². The molecule has 0 fully saturated rings. The number of imide groups is 1. The lowest BCUT2D eigenvalue weighted by Gasteiger charge is -2.13. The molecular weight excluding hydrogens is 426 g/mol. The van der Waals surface area contributed by atoms with Gasteiger partial charge in [-0.2, -0.15) is 10.2 Å². The maximum absolute atomic E-state index is 12.9. The van der Waals surface area contributed by atoms with Gasteiger partial charge in [-0.3, -0.25) is 19.2 Å². The number of phenols is 1. The topological polar surface area (TPSA) is 129 Å². The monoisotopic (exact) mass is 443 g/mol. The van der Waals surface area contributed by atoms with Crippen molar-refractivity contribution in [1.29, 1.82) is 0 Å². The average Bonchev–Trinajstić information content (AvgIpc) is 3.21. The predicted molar refractivity (Wildman–Crippen MR) is 114 cm³/mol. The summed E-state index contributed by atoms with van der Waals surface area (Å²) in [5, 5.41) is 28.8. The number of hydroxylamine groups is 2. The first-order chi connectivity index (χ1) is 16.0. The van der Waals surface area contributed by atoms with E-state index in [1.54, 1.807) is 18.2 Å². The summed E-state index contributed by atoms with van der Waals surface area (Å²) in [6.07, 6.45) is -1.24. The molecule has 2 aliphatic rings. The van der Waals surface area contributed by atoms with Crippen molar-refractivity contribution in [3.8, 4) is 5.75 Å². The summed E-state index contributed by atoms with van der Waals surface area (Å²) >= 11 is 0. The Bertz CT molecular complexity index is 1320. The highest BCUT2D eigenvalue weighted by Gasteiger charge is 2.41. The second-order valence-corrected chi connectivity index (χ2v) is 7.60. The van der Waals surface area contributed by atoms with Crippen molar-refractivity contribution in [3.05, 3.63) is 94.5 Å². The zero-order valence-corrected chi connectivity index (χ0v) is 17.1. The lowest BCUT2D eigenvalue weighted by atomic mass is 10.1. The van der Waals surface area contributed by atoms with Gasteiger partial charge in [-0.1, -0.05) is 42.5 Å². The first-order valence-corrected chi connectivity index (χ1v) is 10.1. The molecule has 2 atom stereocenters. The molecule has 3 aromatic carbocycles. The number of nitrogens with zero attached hydrogens (tertiary/aromatic N) is 3. The fraction of sp³-hybridized carbons (Fsp3) is 0.125. The highest BCUT2D eigenvalue weighted by molar-refractivity contribution is 6.22. The molecule has 2 unspecified atom stereocenters. The van der Waals surface area contributed by atoms with E-state index in [4.69, 9.17) is 4.84 Å². The van der Waals surface area contributed by atoms with Crippen LogP contribution in [0.3, 0.4) is 0 Å². The minimum Gasteiger partial charge on any atom is -0.508 e. The Hall–Kier alpha value is -4.21. The Morgan fingerprint density at radius 3 is 2.48 bits per heavy atom. The summed E-state index contributed by atoms with van der Waals surface area (Å²) in [5.74, 6) is -1.91. The van der Waals surface area contributed by atoms with Gasteiger partial charge in [-0.15, -0.1) is 5.06 Å². The number of phenolic OH excluding ortho intramolecular Hbond substituents is 1. The number of aliphatic hydroxyl groups excluding tert-OH is 1. The smallest absolute Gasteiger partial charge is 0.288 e. The quantitative estimate of drug-likeness (QED) is 0.459. The molecule has 3 aromatic rings. The molecule has 1 aliphatic carbocycles. The van der Waals surface area contributed by atoms with E-state index < -0.39 is 29.7 Å². The van der Waals surface area contributed by atoms with E-state index in [2.05, 4.69) is 10.2 Å². The van der Waals surface area contributed by atoms with Gasteiger partial charge in [0.2, 0.25) is 0 Å². The minimum absolute atomic E-state index is 0.00871. The van der Waals surface area contributed by atoms with Crippen molar-refractivity contribution < 1.29 is 29.4 Å². The molecule has 0 spiro atoms. The highest BCUT2D eigenvalue weighted by atomic mass is 16.7. The predicted octanol–water partition coefficient (Wildman–Crippen LogP) is 3.50. The average molecular weight is 443 g/mol. The number of hydrogen-bond donors (Lipinski definition) is 2. The van der Waals surface area contributed by atoms with Crippen LogP contribution in [0, 0.1) is 0 Å². The third-order valence-electron chi connectivity index (χ3n) is 5.54. The van der Waals surface area contributed by atoms with E-state index in [0.717, 1.165) is 5.56 Å². The molecule has 33 heavy (non-hydrogen) atoms. The minimum atomic E-state index is -1.24. The molecule has 9 nitrogen and oxygen atoms in total. The number of carbonyl (C=O) groups is 3. The number of carbonyl (C=O) groups excluding carboxylic acids is 3. The second-order valence-electron chi connectivity index (χ2n) is 7.60. The van der Waals surface area contributed by atoms with Gasteiger partial charge in [0.1, 0.15) is 18.5 Å². The molecular formula is C24H17N3O6. The number of ketones is 1. The number of amides is 2. The van der Waals surface area contributed by atoms with E-state index in [1.165, 1.54) is 30.3 Å². The summed E-state index contributed by atoms with van der Waals surface area (Å²) in [4.78, 5) is 43.7. The van der Waals surface area contributed by atoms with Crippen LogP contribution in [0.5, 0.6) is 5.75 Å². The molecule has 9 heteroatoms. The SMILES string of the molecule is O=C1c2cc(O)ccc2C(O)C1N=Nc1cccc2c1C(=O)N(OCc1ccccc1)C2=O. The normalized spacial score (nSPS) is 19.4. The van der Waals surface area contributed by atoms with Crippen molar-refractivity contribution >= 4 is 23.3 Å². The Kier molecular flexibility index (Phi) is 5.04. The van der Waals surface area contributed by atoms with Crippen LogP contribution in [0.1, 0.15) is 48.3 Å². The molecule has 0 saturated carbocycles. The van der Waals surface area contributed by atoms with Crippen LogP contribution in [0.4, 0.5) is 5.69 Å². The number of azo groups is 1. The summed E-state index contributed by atoms with van der Waals surface area (Å²) < 4.78 is 0. The Balaban J connectivity index is 1.39. The lowest BCUT2D eigenvalue weighted by Crippen LogP contribution is -2.29. The van der Waals surface area contributed by atoms with Crippen LogP contribution < -0.4 is 0 Å². The molecule has 1 aliphatic heterocycles. The van der Waals surface area contributed by atoms with Gasteiger partial charge < -0.3 is 10.2 Å². The van der Waals surface area contributed by atoms with Gasteiger partial charge in [0.15, 0.2) is 11.8 Å². The summed E-state index contributed by atoms with van der Waals surface area (Å²) in [5.41, 5.74) is 1.48. The molecule has 0 saturated heterocycles.